The Hall–Kier alpha value is -1.45. The lowest BCUT2D eigenvalue weighted by Crippen LogP contribution is -2.04. The predicted molar refractivity (Wildman–Crippen MR) is 82.4 cm³/mol. The first-order chi connectivity index (χ1) is 9.41. The molecule has 2 nitrogen and oxygen atoms in total. The molecule has 0 saturated heterocycles. The number of hydrogen-bond acceptors (Lipinski definition) is 2. The minimum absolute atomic E-state index is 0.624. The molecule has 2 aromatic carbocycles. The minimum atomic E-state index is -1.27. The van der Waals surface area contributed by atoms with Crippen LogP contribution < -0.4 is 0 Å². The Bertz CT molecular complexity index is 637. The van der Waals surface area contributed by atoms with Crippen molar-refractivity contribution in [1.82, 2.24) is 0 Å². The van der Waals surface area contributed by atoms with E-state index in [4.69, 9.17) is 0 Å². The fourth-order valence-corrected chi connectivity index (χ4v) is 4.14. The Morgan fingerprint density at radius 2 is 1.60 bits per heavy atom. The summed E-state index contributed by atoms with van der Waals surface area (Å²) in [7, 11) is -1.27. The van der Waals surface area contributed by atoms with E-state index in [9.17, 15) is 9.32 Å². The molecule has 1 unspecified atom stereocenters. The van der Waals surface area contributed by atoms with Crippen molar-refractivity contribution in [3.05, 3.63) is 58.7 Å². The van der Waals surface area contributed by atoms with Gasteiger partial charge in [-0.05, 0) is 50.5 Å². The summed E-state index contributed by atoms with van der Waals surface area (Å²) in [5.41, 5.74) is 3.96. The lowest BCUT2D eigenvalue weighted by Gasteiger charge is -2.15. The standard InChI is InChI=1S/C17H20O2S/c1-11-9-12(2)17(13(3)10-11)20(19)16-8-6-5-7-15(16)14(4)18/h5-10,14,18H,1-4H3/t14-,20?/m0/s1. The summed E-state index contributed by atoms with van der Waals surface area (Å²) in [6.07, 6.45) is -0.624. The first-order valence-corrected chi connectivity index (χ1v) is 7.83. The second-order valence-electron chi connectivity index (χ2n) is 5.21. The maximum atomic E-state index is 12.9. The van der Waals surface area contributed by atoms with Gasteiger partial charge in [0, 0.05) is 9.79 Å². The van der Waals surface area contributed by atoms with Crippen LogP contribution in [0.2, 0.25) is 0 Å². The summed E-state index contributed by atoms with van der Waals surface area (Å²) in [6, 6.07) is 11.5. The first kappa shape index (κ1) is 14.9. The van der Waals surface area contributed by atoms with Crippen LogP contribution in [0.1, 0.15) is 35.3 Å². The number of aliphatic hydroxyl groups is 1. The Morgan fingerprint density at radius 1 is 1.05 bits per heavy atom. The van der Waals surface area contributed by atoms with Crippen molar-refractivity contribution >= 4 is 10.8 Å². The average molecular weight is 288 g/mol. The molecular weight excluding hydrogens is 268 g/mol. The molecule has 0 aromatic heterocycles. The van der Waals surface area contributed by atoms with Gasteiger partial charge in [-0.25, -0.2) is 4.21 Å². The second-order valence-corrected chi connectivity index (χ2v) is 6.60. The van der Waals surface area contributed by atoms with Crippen LogP contribution in [0, 0.1) is 20.8 Å². The lowest BCUT2D eigenvalue weighted by atomic mass is 10.1. The fourth-order valence-electron chi connectivity index (χ4n) is 2.56. The highest BCUT2D eigenvalue weighted by atomic mass is 32.2. The molecule has 0 fully saturated rings. The monoisotopic (exact) mass is 288 g/mol. The van der Waals surface area contributed by atoms with Gasteiger partial charge < -0.3 is 5.11 Å². The molecule has 2 rings (SSSR count). The molecule has 0 heterocycles. The van der Waals surface area contributed by atoms with Gasteiger partial charge in [-0.3, -0.25) is 0 Å². The zero-order chi connectivity index (χ0) is 14.9. The van der Waals surface area contributed by atoms with Gasteiger partial charge in [-0.2, -0.15) is 0 Å². The fraction of sp³-hybridized carbons (Fsp3) is 0.294. The average Bonchev–Trinajstić information content (AvgIpc) is 2.37. The SMILES string of the molecule is Cc1cc(C)c(S(=O)c2ccccc2[C@H](C)O)c(C)c1. The van der Waals surface area contributed by atoms with Crippen LogP contribution in [0.4, 0.5) is 0 Å². The van der Waals surface area contributed by atoms with E-state index in [1.54, 1.807) is 6.92 Å². The Morgan fingerprint density at radius 3 is 2.15 bits per heavy atom. The van der Waals surface area contributed by atoms with Gasteiger partial charge in [-0.1, -0.05) is 35.9 Å². The number of aryl methyl sites for hydroxylation is 3. The van der Waals surface area contributed by atoms with Crippen molar-refractivity contribution in [2.75, 3.05) is 0 Å². The lowest BCUT2D eigenvalue weighted by molar-refractivity contribution is 0.196. The second kappa shape index (κ2) is 5.90. The Balaban J connectivity index is 2.58. The van der Waals surface area contributed by atoms with Crippen LogP contribution in [-0.2, 0) is 10.8 Å². The third-order valence-electron chi connectivity index (χ3n) is 3.36. The molecule has 3 heteroatoms. The molecule has 1 N–H and O–H groups in total. The number of aliphatic hydroxyl groups excluding tert-OH is 1. The summed E-state index contributed by atoms with van der Waals surface area (Å²) in [5, 5.41) is 9.85. The zero-order valence-electron chi connectivity index (χ0n) is 12.3. The van der Waals surface area contributed by atoms with E-state index in [0.717, 1.165) is 21.6 Å². The maximum absolute atomic E-state index is 12.9. The minimum Gasteiger partial charge on any atom is -0.389 e. The smallest absolute Gasteiger partial charge is 0.0858 e. The van der Waals surface area contributed by atoms with E-state index in [0.29, 0.717) is 4.90 Å². The quantitative estimate of drug-likeness (QED) is 0.932. The highest BCUT2D eigenvalue weighted by Gasteiger charge is 2.18. The van der Waals surface area contributed by atoms with E-state index in [1.807, 2.05) is 57.2 Å². The highest BCUT2D eigenvalue weighted by Crippen LogP contribution is 2.29. The summed E-state index contributed by atoms with van der Waals surface area (Å²) in [5.74, 6) is 0. The molecule has 0 aliphatic rings. The molecule has 0 saturated carbocycles. The summed E-state index contributed by atoms with van der Waals surface area (Å²) >= 11 is 0. The maximum Gasteiger partial charge on any atom is 0.0858 e. The zero-order valence-corrected chi connectivity index (χ0v) is 13.1. The molecule has 20 heavy (non-hydrogen) atoms. The van der Waals surface area contributed by atoms with Gasteiger partial charge in [-0.15, -0.1) is 0 Å². The predicted octanol–water partition coefficient (Wildman–Crippen LogP) is 3.83. The molecule has 0 aliphatic carbocycles. The molecule has 0 amide bonds. The van der Waals surface area contributed by atoms with Crippen molar-refractivity contribution in [2.24, 2.45) is 0 Å². The van der Waals surface area contributed by atoms with Crippen LogP contribution in [0.3, 0.4) is 0 Å². The molecular formula is C17H20O2S. The normalized spacial score (nSPS) is 14.1. The number of hydrogen-bond donors (Lipinski definition) is 1. The summed E-state index contributed by atoms with van der Waals surface area (Å²) in [4.78, 5) is 1.54. The van der Waals surface area contributed by atoms with Crippen LogP contribution in [0.5, 0.6) is 0 Å². The first-order valence-electron chi connectivity index (χ1n) is 6.68. The largest absolute Gasteiger partial charge is 0.389 e. The van der Waals surface area contributed by atoms with E-state index >= 15 is 0 Å². The van der Waals surface area contributed by atoms with Crippen LogP contribution in [0.25, 0.3) is 0 Å². The van der Waals surface area contributed by atoms with Crippen molar-refractivity contribution in [3.63, 3.8) is 0 Å². The van der Waals surface area contributed by atoms with E-state index < -0.39 is 16.9 Å². The molecule has 0 bridgehead atoms. The molecule has 0 spiro atoms. The number of rotatable bonds is 3. The van der Waals surface area contributed by atoms with Gasteiger partial charge in [0.15, 0.2) is 0 Å². The molecule has 106 valence electrons. The van der Waals surface area contributed by atoms with Crippen molar-refractivity contribution in [3.8, 4) is 0 Å². The van der Waals surface area contributed by atoms with Gasteiger partial charge in [0.25, 0.3) is 0 Å². The van der Waals surface area contributed by atoms with Gasteiger partial charge >= 0.3 is 0 Å². The van der Waals surface area contributed by atoms with Crippen LogP contribution in [-0.4, -0.2) is 9.32 Å². The van der Waals surface area contributed by atoms with E-state index in [-0.39, 0.29) is 0 Å². The van der Waals surface area contributed by atoms with Crippen LogP contribution in [0.15, 0.2) is 46.2 Å². The van der Waals surface area contributed by atoms with Crippen molar-refractivity contribution in [2.45, 2.75) is 43.6 Å². The van der Waals surface area contributed by atoms with Gasteiger partial charge in [0.05, 0.1) is 16.9 Å². The van der Waals surface area contributed by atoms with Gasteiger partial charge in [0.1, 0.15) is 0 Å². The number of benzene rings is 2. The van der Waals surface area contributed by atoms with E-state index in [1.165, 1.54) is 5.56 Å². The topological polar surface area (TPSA) is 37.3 Å². The van der Waals surface area contributed by atoms with E-state index in [2.05, 4.69) is 0 Å². The van der Waals surface area contributed by atoms with Crippen LogP contribution >= 0.6 is 0 Å². The van der Waals surface area contributed by atoms with Crippen molar-refractivity contribution < 1.29 is 9.32 Å². The summed E-state index contributed by atoms with van der Waals surface area (Å²) < 4.78 is 12.9. The van der Waals surface area contributed by atoms with Crippen molar-refractivity contribution in [1.29, 1.82) is 0 Å². The molecule has 2 atom stereocenters. The summed E-state index contributed by atoms with van der Waals surface area (Å²) in [6.45, 7) is 7.71. The molecule has 0 radical (unpaired) electrons. The Labute approximate surface area is 122 Å². The third-order valence-corrected chi connectivity index (χ3v) is 5.14. The van der Waals surface area contributed by atoms with Gasteiger partial charge in [0.2, 0.25) is 0 Å². The molecule has 0 aliphatic heterocycles. The highest BCUT2D eigenvalue weighted by molar-refractivity contribution is 7.85. The third kappa shape index (κ3) is 2.84. The Kier molecular flexibility index (Phi) is 4.41. The molecule has 2 aromatic rings.